The molecule has 0 atom stereocenters. The van der Waals surface area contributed by atoms with Gasteiger partial charge in [-0.3, -0.25) is 4.89 Å². The zero-order valence-corrected chi connectivity index (χ0v) is 16.9. The van der Waals surface area contributed by atoms with Gasteiger partial charge in [-0.25, -0.2) is 4.57 Å². The van der Waals surface area contributed by atoms with Gasteiger partial charge in [0, 0.05) is 0 Å². The average molecular weight is 362 g/mol. The minimum Gasteiger partial charge on any atom is -0.296 e. The molecule has 0 spiro atoms. The van der Waals surface area contributed by atoms with E-state index in [1.54, 1.807) is 24.6 Å². The van der Waals surface area contributed by atoms with Crippen LogP contribution in [0.15, 0.2) is 0 Å². The summed E-state index contributed by atoms with van der Waals surface area (Å²) >= 11 is 0. The van der Waals surface area contributed by atoms with Crippen LogP contribution in [0.5, 0.6) is 0 Å². The van der Waals surface area contributed by atoms with Gasteiger partial charge in [0.25, 0.3) is 0 Å². The quantitative estimate of drug-likeness (QED) is 0.381. The first-order chi connectivity index (χ1) is 10.2. The summed E-state index contributed by atoms with van der Waals surface area (Å²) in [4.78, 5) is 6.74. The summed E-state index contributed by atoms with van der Waals surface area (Å²) in [6, 6.07) is 0. The Kier molecular flexibility index (Phi) is 16.9. The van der Waals surface area contributed by atoms with Gasteiger partial charge < -0.3 is 0 Å². The van der Waals surface area contributed by atoms with Crippen molar-refractivity contribution in [3.63, 3.8) is 0 Å². The van der Waals surface area contributed by atoms with E-state index in [2.05, 4.69) is 27.7 Å². The van der Waals surface area contributed by atoms with Crippen molar-refractivity contribution in [2.45, 2.75) is 79.1 Å². The summed E-state index contributed by atoms with van der Waals surface area (Å²) < 4.78 is 28.7. The molecule has 0 fully saturated rings. The van der Waals surface area contributed by atoms with Crippen molar-refractivity contribution in [1.82, 2.24) is 0 Å². The Morgan fingerprint density at radius 1 is 0.727 bits per heavy atom. The van der Waals surface area contributed by atoms with E-state index in [9.17, 15) is 8.39 Å². The van der Waals surface area contributed by atoms with E-state index in [1.165, 1.54) is 51.4 Å². The smallest absolute Gasteiger partial charge is 0.296 e. The van der Waals surface area contributed by atoms with Gasteiger partial charge in [0.1, 0.15) is 0 Å². The largest absolute Gasteiger partial charge is 0.549 e. The van der Waals surface area contributed by atoms with Crippen molar-refractivity contribution in [3.8, 4) is 0 Å². The third kappa shape index (κ3) is 18.5. The van der Waals surface area contributed by atoms with Crippen LogP contribution in [0.3, 0.4) is 0 Å². The normalized spacial score (nSPS) is 12.7. The molecule has 0 unspecified atom stereocenters. The van der Waals surface area contributed by atoms with E-state index in [1.807, 2.05) is 0 Å². The topological polar surface area (TPSA) is 37.3 Å². The van der Waals surface area contributed by atoms with Crippen LogP contribution >= 0.6 is 15.3 Å². The van der Waals surface area contributed by atoms with Crippen molar-refractivity contribution >= 4 is 15.3 Å². The molecule has 0 rings (SSSR count). The molecule has 0 aromatic rings. The number of halogens is 2. The fourth-order valence-corrected chi connectivity index (χ4v) is 8.87. The summed E-state index contributed by atoms with van der Waals surface area (Å²) in [5, 5.41) is 0. The molecule has 0 aliphatic rings. The molecule has 0 amide bonds. The van der Waals surface area contributed by atoms with Crippen LogP contribution < -0.4 is 0 Å². The van der Waals surface area contributed by atoms with Gasteiger partial charge in [-0.1, -0.05) is 0 Å². The molecule has 0 saturated heterocycles. The van der Waals surface area contributed by atoms with E-state index in [4.69, 9.17) is 9.46 Å². The number of hydrogen-bond donors (Lipinski definition) is 1. The Morgan fingerprint density at radius 2 is 0.909 bits per heavy atom. The zero-order chi connectivity index (χ0) is 17.5. The molecule has 0 bridgehead atoms. The van der Waals surface area contributed by atoms with E-state index in [-0.39, 0.29) is 0 Å². The van der Waals surface area contributed by atoms with Crippen LogP contribution in [0.2, 0.25) is 0 Å². The van der Waals surface area contributed by atoms with Crippen molar-refractivity contribution in [2.75, 3.05) is 24.6 Å². The predicted molar refractivity (Wildman–Crippen MR) is 99.5 cm³/mol. The fourth-order valence-electron chi connectivity index (χ4n) is 2.96. The number of hydrogen-bond acceptors (Lipinski definition) is 1. The molecule has 0 saturated carbocycles. The summed E-state index contributed by atoms with van der Waals surface area (Å²) in [6.45, 7) is 9.44. The molecule has 0 aromatic heterocycles. The predicted octanol–water partition coefficient (Wildman–Crippen LogP) is 6.96. The molecular formula is C16H38F2O2P2. The molecule has 1 N–H and O–H groups in total. The third-order valence-electron chi connectivity index (χ3n) is 4.24. The average Bonchev–Trinajstić information content (AvgIpc) is 2.44. The van der Waals surface area contributed by atoms with Gasteiger partial charge in [0.2, 0.25) is 0 Å². The third-order valence-corrected chi connectivity index (χ3v) is 9.90. The van der Waals surface area contributed by atoms with Gasteiger partial charge in [0.15, 0.2) is 0 Å². The number of unbranched alkanes of at least 4 members (excludes halogenated alkanes) is 4. The molecular weight excluding hydrogens is 324 g/mol. The second kappa shape index (κ2) is 15.0. The van der Waals surface area contributed by atoms with Crippen molar-refractivity contribution in [1.29, 1.82) is 0 Å². The van der Waals surface area contributed by atoms with Crippen LogP contribution in [-0.4, -0.2) is 29.5 Å². The van der Waals surface area contributed by atoms with Crippen molar-refractivity contribution in [2.24, 2.45) is 0 Å². The van der Waals surface area contributed by atoms with Crippen LogP contribution in [0.25, 0.3) is 0 Å². The Morgan fingerprint density at radius 3 is 1.05 bits per heavy atom. The minimum atomic E-state index is -5.64. The maximum Gasteiger partial charge on any atom is 0.549 e. The maximum absolute atomic E-state index is 10.1. The standard InChI is InChI=1S/C16H37P.F2HO2P/c1-5-9-13-17(14-10-6-2,15-11-7-3)16-12-8-4;1-5(2,3)4/h17H,5-16H2,1-4H3;(H,3,4). The molecule has 2 nitrogen and oxygen atoms in total. The van der Waals surface area contributed by atoms with Crippen LogP contribution in [-0.2, 0) is 4.57 Å². The Hall–Kier alpha value is 0.480. The van der Waals surface area contributed by atoms with E-state index < -0.39 is 15.3 Å². The van der Waals surface area contributed by atoms with Gasteiger partial charge in [-0.05, 0) is 0 Å². The second-order valence-corrected chi connectivity index (χ2v) is 12.2. The van der Waals surface area contributed by atoms with E-state index >= 15 is 0 Å². The van der Waals surface area contributed by atoms with Crippen LogP contribution in [0, 0.1) is 0 Å². The first-order valence-corrected chi connectivity index (χ1v) is 13.2. The molecule has 138 valence electrons. The second-order valence-electron chi connectivity index (χ2n) is 6.35. The van der Waals surface area contributed by atoms with Crippen molar-refractivity contribution in [3.05, 3.63) is 0 Å². The molecule has 0 heterocycles. The molecule has 6 heteroatoms. The maximum atomic E-state index is 10.1. The Labute approximate surface area is 137 Å². The molecule has 0 aromatic carbocycles. The van der Waals surface area contributed by atoms with Crippen LogP contribution in [0.4, 0.5) is 8.39 Å². The monoisotopic (exact) mass is 362 g/mol. The first kappa shape index (κ1) is 24.7. The molecule has 0 aliphatic carbocycles. The van der Waals surface area contributed by atoms with Crippen LogP contribution in [0.1, 0.15) is 79.1 Å². The summed E-state index contributed by atoms with van der Waals surface area (Å²) in [5.41, 5.74) is 0. The van der Waals surface area contributed by atoms with Gasteiger partial charge >= 0.3 is 119 Å². The summed E-state index contributed by atoms with van der Waals surface area (Å²) in [7, 11) is -6.52. The molecule has 0 radical (unpaired) electrons. The molecule has 0 aliphatic heterocycles. The fraction of sp³-hybridized carbons (Fsp3) is 1.00. The Balaban J connectivity index is 0. The van der Waals surface area contributed by atoms with Gasteiger partial charge in [0.05, 0.1) is 0 Å². The van der Waals surface area contributed by atoms with Gasteiger partial charge in [-0.2, -0.15) is 0 Å². The summed E-state index contributed by atoms with van der Waals surface area (Å²) in [6.07, 6.45) is 18.1. The SMILES string of the molecule is CCCC[PH](CCCC)(CCCC)CCCC.O=P(O)(F)F. The minimum absolute atomic E-state index is 0.879. The van der Waals surface area contributed by atoms with E-state index in [0.717, 1.165) is 0 Å². The Bertz CT molecular complexity index is 238. The summed E-state index contributed by atoms with van der Waals surface area (Å²) in [5.74, 6) is 0. The zero-order valence-electron chi connectivity index (χ0n) is 15.0. The molecule has 22 heavy (non-hydrogen) atoms. The number of rotatable bonds is 12. The van der Waals surface area contributed by atoms with Gasteiger partial charge in [-0.15, -0.1) is 8.39 Å². The first-order valence-electron chi connectivity index (χ1n) is 8.96. The van der Waals surface area contributed by atoms with Crippen molar-refractivity contribution < 1.29 is 17.9 Å². The van der Waals surface area contributed by atoms with E-state index in [0.29, 0.717) is 0 Å².